The molecule has 5 heteroatoms. The summed E-state index contributed by atoms with van der Waals surface area (Å²) in [5.74, 6) is -0.367. The summed E-state index contributed by atoms with van der Waals surface area (Å²) in [5.41, 5.74) is 7.71. The van der Waals surface area contributed by atoms with Crippen LogP contribution >= 0.6 is 0 Å². The number of carbonyl (C=O) groups is 2. The van der Waals surface area contributed by atoms with Gasteiger partial charge in [0, 0.05) is 11.1 Å². The Bertz CT molecular complexity index is 556. The molecule has 2 aromatic carbocycles. The van der Waals surface area contributed by atoms with Crippen LogP contribution in [0.3, 0.4) is 0 Å². The second-order valence-corrected chi connectivity index (χ2v) is 4.18. The molecule has 0 fully saturated rings. The summed E-state index contributed by atoms with van der Waals surface area (Å²) in [6.45, 7) is 1.91. The van der Waals surface area contributed by atoms with Crippen LogP contribution in [0.5, 0.6) is 0 Å². The van der Waals surface area contributed by atoms with Crippen molar-refractivity contribution in [1.82, 2.24) is 0 Å². The van der Waals surface area contributed by atoms with Crippen molar-refractivity contribution >= 4 is 11.8 Å². The second-order valence-electron chi connectivity index (χ2n) is 4.18. The Kier molecular flexibility index (Phi) is 7.82. The predicted octanol–water partition coefficient (Wildman–Crippen LogP) is 3.50. The molecule has 0 aliphatic heterocycles. The molecule has 1 N–H and O–H groups in total. The van der Waals surface area contributed by atoms with Crippen LogP contribution in [-0.4, -0.2) is 24.9 Å². The lowest BCUT2D eigenvalue weighted by molar-refractivity contribution is -0.141. The Morgan fingerprint density at radius 3 is 1.77 bits per heavy atom. The first-order valence-electron chi connectivity index (χ1n) is 6.82. The molecular formula is C17H18N2O3. The van der Waals surface area contributed by atoms with Crippen LogP contribution in [0.15, 0.2) is 65.8 Å². The zero-order chi connectivity index (χ0) is 16.2. The van der Waals surface area contributed by atoms with Crippen molar-refractivity contribution in [2.24, 2.45) is 5.11 Å². The van der Waals surface area contributed by atoms with E-state index in [0.29, 0.717) is 6.61 Å². The molecule has 0 saturated heterocycles. The topological polar surface area (TPSA) is 79.6 Å². The number of rotatable bonds is 5. The monoisotopic (exact) mass is 298 g/mol. The lowest BCUT2D eigenvalue weighted by atomic mass is 10.0. The average Bonchev–Trinajstić information content (AvgIpc) is 2.57. The smallest absolute Gasteiger partial charge is 0.329 e. The van der Waals surface area contributed by atoms with E-state index < -0.39 is 5.97 Å². The number of esters is 1. The minimum absolute atomic E-state index is 0.0752. The van der Waals surface area contributed by atoms with E-state index in [9.17, 15) is 9.59 Å². The number of ketones is 1. The van der Waals surface area contributed by atoms with Crippen molar-refractivity contribution in [3.05, 3.63) is 71.8 Å². The van der Waals surface area contributed by atoms with Gasteiger partial charge in [0.15, 0.2) is 12.3 Å². The Hall–Kier alpha value is -2.82. The summed E-state index contributed by atoms with van der Waals surface area (Å²) < 4.78 is 4.43. The van der Waals surface area contributed by atoms with E-state index in [0.717, 1.165) is 11.1 Å². The van der Waals surface area contributed by atoms with Crippen molar-refractivity contribution in [3.8, 4) is 0 Å². The summed E-state index contributed by atoms with van der Waals surface area (Å²) in [7, 11) is 0. The van der Waals surface area contributed by atoms with Crippen molar-refractivity contribution in [2.45, 2.75) is 6.92 Å². The van der Waals surface area contributed by atoms with Gasteiger partial charge in [-0.05, 0) is 6.92 Å². The van der Waals surface area contributed by atoms with Gasteiger partial charge in [0.25, 0.3) is 0 Å². The number of hydrogen-bond acceptors (Lipinski definition) is 5. The normalized spacial score (nSPS) is 9.14. The number of nitrogens with zero attached hydrogens (tertiary/aromatic N) is 1. The van der Waals surface area contributed by atoms with Gasteiger partial charge in [-0.2, -0.15) is 5.11 Å². The van der Waals surface area contributed by atoms with Crippen molar-refractivity contribution < 1.29 is 14.3 Å². The molecule has 2 rings (SSSR count). The van der Waals surface area contributed by atoms with Crippen molar-refractivity contribution in [3.63, 3.8) is 0 Å². The Balaban J connectivity index is 0.000000261. The highest BCUT2D eigenvalue weighted by Crippen LogP contribution is 2.08. The molecule has 0 atom stereocenters. The first-order valence-corrected chi connectivity index (χ1v) is 6.82. The van der Waals surface area contributed by atoms with Gasteiger partial charge < -0.3 is 4.74 Å². The molecule has 0 saturated carbocycles. The summed E-state index contributed by atoms with van der Waals surface area (Å²) >= 11 is 0. The van der Waals surface area contributed by atoms with Gasteiger partial charge in [-0.25, -0.2) is 10.3 Å². The maximum absolute atomic E-state index is 11.8. The Morgan fingerprint density at radius 1 is 0.955 bits per heavy atom. The molecule has 0 aromatic heterocycles. The average molecular weight is 298 g/mol. The van der Waals surface area contributed by atoms with Crippen molar-refractivity contribution in [2.75, 3.05) is 13.2 Å². The van der Waals surface area contributed by atoms with Gasteiger partial charge in [-0.15, -0.1) is 0 Å². The highest BCUT2D eigenvalue weighted by molar-refractivity contribution is 6.08. The molecule has 0 aliphatic carbocycles. The molecule has 2 aromatic rings. The number of benzene rings is 2. The Labute approximate surface area is 129 Å². The lowest BCUT2D eigenvalue weighted by Gasteiger charge is -1.99. The highest BCUT2D eigenvalue weighted by Gasteiger charge is 2.06. The zero-order valence-electron chi connectivity index (χ0n) is 12.4. The van der Waals surface area contributed by atoms with Gasteiger partial charge >= 0.3 is 5.97 Å². The van der Waals surface area contributed by atoms with E-state index in [1.165, 1.54) is 0 Å². The standard InChI is InChI=1S/C13H10O.C4H8N2O2/c14-13(11-7-3-1-4-8-11)12-9-5-2-6-10-12;1-2-8-4(7)3-6-5/h1-10H;5H,2-3H2,1H3. The molecule has 114 valence electrons. The second kappa shape index (κ2) is 9.99. The minimum atomic E-state index is -0.442. The molecule has 0 bridgehead atoms. The number of nitrogens with one attached hydrogen (secondary N) is 1. The first kappa shape index (κ1) is 17.2. The summed E-state index contributed by atoms with van der Waals surface area (Å²) in [4.78, 5) is 22.1. The molecule has 0 unspecified atom stereocenters. The van der Waals surface area contributed by atoms with Crippen LogP contribution in [0.1, 0.15) is 22.8 Å². The number of ether oxygens (including phenoxy) is 1. The SMILES string of the molecule is CCOC(=O)CN=N.O=C(c1ccccc1)c1ccccc1. The highest BCUT2D eigenvalue weighted by atomic mass is 16.5. The predicted molar refractivity (Wildman–Crippen MR) is 83.0 cm³/mol. The summed E-state index contributed by atoms with van der Waals surface area (Å²) in [6.07, 6.45) is 0. The fourth-order valence-corrected chi connectivity index (χ4v) is 1.62. The van der Waals surface area contributed by atoms with Gasteiger partial charge in [0.1, 0.15) is 0 Å². The van der Waals surface area contributed by atoms with Gasteiger partial charge in [0.05, 0.1) is 6.61 Å². The fourth-order valence-electron chi connectivity index (χ4n) is 1.62. The minimum Gasteiger partial charge on any atom is -0.465 e. The number of carbonyl (C=O) groups excluding carboxylic acids is 2. The fraction of sp³-hybridized carbons (Fsp3) is 0.176. The molecule has 0 heterocycles. The van der Waals surface area contributed by atoms with Crippen LogP contribution < -0.4 is 0 Å². The lowest BCUT2D eigenvalue weighted by Crippen LogP contribution is -2.06. The van der Waals surface area contributed by atoms with Gasteiger partial charge in [0.2, 0.25) is 0 Å². The third-order valence-electron chi connectivity index (χ3n) is 2.59. The van der Waals surface area contributed by atoms with Gasteiger partial charge in [-0.1, -0.05) is 60.7 Å². The largest absolute Gasteiger partial charge is 0.465 e. The molecular weight excluding hydrogens is 280 g/mol. The van der Waals surface area contributed by atoms with E-state index in [-0.39, 0.29) is 12.3 Å². The van der Waals surface area contributed by atoms with Crippen LogP contribution in [0.25, 0.3) is 0 Å². The maximum Gasteiger partial charge on any atom is 0.329 e. The molecule has 0 aliphatic rings. The number of hydrogen-bond donors (Lipinski definition) is 1. The first-order chi connectivity index (χ1) is 10.7. The maximum atomic E-state index is 11.8. The quantitative estimate of drug-likeness (QED) is 0.521. The molecule has 5 nitrogen and oxygen atoms in total. The van der Waals surface area contributed by atoms with Crippen LogP contribution in [0.2, 0.25) is 0 Å². The van der Waals surface area contributed by atoms with E-state index >= 15 is 0 Å². The van der Waals surface area contributed by atoms with Crippen LogP contribution in [0, 0.1) is 5.53 Å². The molecule has 0 spiro atoms. The summed E-state index contributed by atoms with van der Waals surface area (Å²) in [5, 5.41) is 2.83. The van der Waals surface area contributed by atoms with E-state index in [1.54, 1.807) is 6.92 Å². The molecule has 22 heavy (non-hydrogen) atoms. The van der Waals surface area contributed by atoms with Crippen molar-refractivity contribution in [1.29, 1.82) is 5.53 Å². The third kappa shape index (κ3) is 6.09. The van der Waals surface area contributed by atoms with E-state index in [4.69, 9.17) is 5.53 Å². The van der Waals surface area contributed by atoms with Crippen LogP contribution in [0.4, 0.5) is 0 Å². The van der Waals surface area contributed by atoms with Gasteiger partial charge in [-0.3, -0.25) is 4.79 Å². The zero-order valence-corrected chi connectivity index (χ0v) is 12.4. The van der Waals surface area contributed by atoms with Crippen LogP contribution in [-0.2, 0) is 9.53 Å². The molecule has 0 radical (unpaired) electrons. The summed E-state index contributed by atoms with van der Waals surface area (Å²) in [6, 6.07) is 18.6. The van der Waals surface area contributed by atoms with E-state index in [2.05, 4.69) is 9.85 Å². The molecule has 0 amide bonds. The third-order valence-corrected chi connectivity index (χ3v) is 2.59. The van der Waals surface area contributed by atoms with E-state index in [1.807, 2.05) is 60.7 Å². The Morgan fingerprint density at radius 2 is 1.41 bits per heavy atom.